The molecule has 8 heteroatoms. The van der Waals surface area contributed by atoms with Crippen LogP contribution in [-0.4, -0.2) is 40.8 Å². The van der Waals surface area contributed by atoms with Gasteiger partial charge in [0.05, 0.1) is 18.2 Å². The second-order valence-electron chi connectivity index (χ2n) is 6.87. The number of aromatic nitrogens is 2. The normalized spacial score (nSPS) is 10.8. The highest BCUT2D eigenvalue weighted by molar-refractivity contribution is 6.06. The zero-order valence-electron chi connectivity index (χ0n) is 16.4. The maximum absolute atomic E-state index is 12.8. The number of benzene rings is 1. The van der Waals surface area contributed by atoms with E-state index in [1.807, 2.05) is 13.8 Å². The number of nitrogens with one attached hydrogen (secondary N) is 2. The number of carbonyl (C=O) groups is 3. The summed E-state index contributed by atoms with van der Waals surface area (Å²) in [7, 11) is 1.30. The molecule has 0 radical (unpaired) electrons. The Morgan fingerprint density at radius 3 is 2.45 bits per heavy atom. The number of rotatable bonds is 6. The fraction of sp³-hybridized carbons (Fsp3) is 0.238. The Morgan fingerprint density at radius 2 is 1.79 bits per heavy atom. The third kappa shape index (κ3) is 4.43. The quantitative estimate of drug-likeness (QED) is 0.626. The molecule has 2 N–H and O–H groups in total. The largest absolute Gasteiger partial charge is 0.465 e. The highest BCUT2D eigenvalue weighted by atomic mass is 16.5. The van der Waals surface area contributed by atoms with Crippen molar-refractivity contribution in [3.05, 3.63) is 65.7 Å². The molecule has 0 aliphatic rings. The molecule has 29 heavy (non-hydrogen) atoms. The number of carbonyl (C=O) groups excluding carboxylic acids is 3. The summed E-state index contributed by atoms with van der Waals surface area (Å²) in [5.41, 5.74) is 1.60. The first-order valence-electron chi connectivity index (χ1n) is 9.15. The molecule has 3 rings (SSSR count). The van der Waals surface area contributed by atoms with E-state index in [-0.39, 0.29) is 17.4 Å². The first-order valence-corrected chi connectivity index (χ1v) is 9.15. The summed E-state index contributed by atoms with van der Waals surface area (Å²) in [5.74, 6) is -0.876. The summed E-state index contributed by atoms with van der Waals surface area (Å²) in [6, 6.07) is 11.6. The van der Waals surface area contributed by atoms with E-state index in [1.54, 1.807) is 53.1 Å². The van der Waals surface area contributed by atoms with Crippen molar-refractivity contribution in [2.45, 2.75) is 13.8 Å². The van der Waals surface area contributed by atoms with Crippen LogP contribution in [0.15, 0.2) is 48.7 Å². The topological polar surface area (TPSA) is 102 Å². The number of esters is 1. The van der Waals surface area contributed by atoms with Crippen LogP contribution in [0.2, 0.25) is 0 Å². The van der Waals surface area contributed by atoms with Gasteiger partial charge in [-0.05, 0) is 42.3 Å². The number of ether oxygens (including phenoxy) is 1. The number of methoxy groups -OCH3 is 1. The van der Waals surface area contributed by atoms with Gasteiger partial charge in [0.15, 0.2) is 5.69 Å². The van der Waals surface area contributed by atoms with Gasteiger partial charge in [0.25, 0.3) is 11.8 Å². The highest BCUT2D eigenvalue weighted by Crippen LogP contribution is 2.16. The summed E-state index contributed by atoms with van der Waals surface area (Å²) in [6.07, 6.45) is 1.68. The standard InChI is InChI=1S/C21H22N4O4/c1-13(2)12-22-19(26)17-16-6-4-5-11-25(16)18(24-17)20(27)23-15-9-7-14(8-10-15)21(28)29-3/h4-11,13H,12H2,1-3H3,(H,22,26)(H,23,27). The molecule has 1 aromatic carbocycles. The van der Waals surface area contributed by atoms with Gasteiger partial charge >= 0.3 is 5.97 Å². The molecule has 0 aliphatic heterocycles. The third-order valence-electron chi connectivity index (χ3n) is 4.20. The molecule has 150 valence electrons. The van der Waals surface area contributed by atoms with Gasteiger partial charge in [0, 0.05) is 18.4 Å². The summed E-state index contributed by atoms with van der Waals surface area (Å²) in [5, 5.41) is 5.56. The third-order valence-corrected chi connectivity index (χ3v) is 4.20. The molecule has 8 nitrogen and oxygen atoms in total. The number of amides is 2. The molecule has 0 fully saturated rings. The van der Waals surface area contributed by atoms with Gasteiger partial charge in [-0.25, -0.2) is 9.78 Å². The number of nitrogens with zero attached hydrogens (tertiary/aromatic N) is 2. The molecule has 2 heterocycles. The van der Waals surface area contributed by atoms with Crippen LogP contribution in [-0.2, 0) is 4.74 Å². The fourth-order valence-electron chi connectivity index (χ4n) is 2.74. The molecule has 0 bridgehead atoms. The zero-order valence-corrected chi connectivity index (χ0v) is 16.4. The molecule has 0 spiro atoms. The first-order chi connectivity index (χ1) is 13.9. The Hall–Kier alpha value is -3.68. The molecule has 0 unspecified atom stereocenters. The minimum atomic E-state index is -0.472. The summed E-state index contributed by atoms with van der Waals surface area (Å²) >= 11 is 0. The maximum atomic E-state index is 12.8. The van der Waals surface area contributed by atoms with Gasteiger partial charge in [-0.3, -0.25) is 14.0 Å². The molecule has 0 saturated carbocycles. The lowest BCUT2D eigenvalue weighted by Gasteiger charge is -2.05. The minimum Gasteiger partial charge on any atom is -0.465 e. The van der Waals surface area contributed by atoms with Gasteiger partial charge in [-0.2, -0.15) is 0 Å². The molecule has 3 aromatic rings. The van der Waals surface area contributed by atoms with Crippen molar-refractivity contribution in [1.82, 2.24) is 14.7 Å². The van der Waals surface area contributed by atoms with Gasteiger partial charge in [-0.1, -0.05) is 19.9 Å². The van der Waals surface area contributed by atoms with E-state index in [1.165, 1.54) is 7.11 Å². The monoisotopic (exact) mass is 394 g/mol. The van der Waals surface area contributed by atoms with Crippen molar-refractivity contribution < 1.29 is 19.1 Å². The van der Waals surface area contributed by atoms with Crippen molar-refractivity contribution >= 4 is 29.0 Å². The number of anilines is 1. The first kappa shape index (κ1) is 20.1. The molecular formula is C21H22N4O4. The Balaban J connectivity index is 1.86. The van der Waals surface area contributed by atoms with Gasteiger partial charge < -0.3 is 15.4 Å². The van der Waals surface area contributed by atoms with Crippen molar-refractivity contribution in [1.29, 1.82) is 0 Å². The van der Waals surface area contributed by atoms with Crippen molar-refractivity contribution in [2.24, 2.45) is 5.92 Å². The molecule has 2 amide bonds. The second-order valence-corrected chi connectivity index (χ2v) is 6.87. The van der Waals surface area contributed by atoms with E-state index in [9.17, 15) is 14.4 Å². The van der Waals surface area contributed by atoms with Gasteiger partial charge in [-0.15, -0.1) is 0 Å². The molecular weight excluding hydrogens is 372 g/mol. The van der Waals surface area contributed by atoms with E-state index < -0.39 is 11.9 Å². The van der Waals surface area contributed by atoms with Crippen LogP contribution in [0, 0.1) is 5.92 Å². The predicted octanol–water partition coefficient (Wildman–Crippen LogP) is 2.76. The van der Waals surface area contributed by atoms with Crippen molar-refractivity contribution in [3.8, 4) is 0 Å². The van der Waals surface area contributed by atoms with E-state index in [2.05, 4.69) is 20.4 Å². The predicted molar refractivity (Wildman–Crippen MR) is 108 cm³/mol. The SMILES string of the molecule is COC(=O)c1ccc(NC(=O)c2nc(C(=O)NCC(C)C)c3ccccn23)cc1. The second kappa shape index (κ2) is 8.55. The van der Waals surface area contributed by atoms with Crippen LogP contribution in [0.5, 0.6) is 0 Å². The average Bonchev–Trinajstić information content (AvgIpc) is 3.12. The van der Waals surface area contributed by atoms with E-state index in [0.29, 0.717) is 29.2 Å². The lowest BCUT2D eigenvalue weighted by atomic mass is 10.2. The minimum absolute atomic E-state index is 0.0901. The van der Waals surface area contributed by atoms with Gasteiger partial charge in [0.1, 0.15) is 0 Å². The van der Waals surface area contributed by atoms with Crippen molar-refractivity contribution in [2.75, 3.05) is 19.0 Å². The molecule has 0 saturated heterocycles. The summed E-state index contributed by atoms with van der Waals surface area (Å²) in [6.45, 7) is 4.50. The molecule has 0 aliphatic carbocycles. The van der Waals surface area contributed by atoms with E-state index in [4.69, 9.17) is 0 Å². The summed E-state index contributed by atoms with van der Waals surface area (Å²) < 4.78 is 6.23. The average molecular weight is 394 g/mol. The van der Waals surface area contributed by atoms with Crippen molar-refractivity contribution in [3.63, 3.8) is 0 Å². The van der Waals surface area contributed by atoms with Crippen LogP contribution < -0.4 is 10.6 Å². The molecule has 2 aromatic heterocycles. The Bertz CT molecular complexity index is 1050. The lowest BCUT2D eigenvalue weighted by Crippen LogP contribution is -2.27. The smallest absolute Gasteiger partial charge is 0.337 e. The van der Waals surface area contributed by atoms with E-state index in [0.717, 1.165) is 0 Å². The lowest BCUT2D eigenvalue weighted by molar-refractivity contribution is 0.0600. The Morgan fingerprint density at radius 1 is 1.07 bits per heavy atom. The van der Waals surface area contributed by atoms with E-state index >= 15 is 0 Å². The number of hydrogen-bond acceptors (Lipinski definition) is 5. The Labute approximate surface area is 167 Å². The van der Waals surface area contributed by atoms with Gasteiger partial charge in [0.2, 0.25) is 5.82 Å². The number of pyridine rings is 1. The van der Waals surface area contributed by atoms with Crippen LogP contribution in [0.3, 0.4) is 0 Å². The zero-order chi connectivity index (χ0) is 21.0. The number of hydrogen-bond donors (Lipinski definition) is 2. The summed E-state index contributed by atoms with van der Waals surface area (Å²) in [4.78, 5) is 41.1. The highest BCUT2D eigenvalue weighted by Gasteiger charge is 2.21. The Kier molecular flexibility index (Phi) is 5.92. The number of imidazole rings is 1. The van der Waals surface area contributed by atoms with Crippen LogP contribution in [0.1, 0.15) is 45.3 Å². The van der Waals surface area contributed by atoms with Crippen LogP contribution >= 0.6 is 0 Å². The number of fused-ring (bicyclic) bond motifs is 1. The maximum Gasteiger partial charge on any atom is 0.337 e. The van der Waals surface area contributed by atoms with Crippen LogP contribution in [0.4, 0.5) is 5.69 Å². The fourth-order valence-corrected chi connectivity index (χ4v) is 2.74. The molecule has 0 atom stereocenters. The van der Waals surface area contributed by atoms with Crippen LogP contribution in [0.25, 0.3) is 5.52 Å².